The van der Waals surface area contributed by atoms with Crippen LogP contribution >= 0.6 is 11.3 Å². The summed E-state index contributed by atoms with van der Waals surface area (Å²) in [4.78, 5) is 23.3. The molecule has 2 aliphatic rings. The van der Waals surface area contributed by atoms with Crippen LogP contribution in [0.15, 0.2) is 16.3 Å². The average Bonchev–Trinajstić information content (AvgIpc) is 3.26. The lowest BCUT2D eigenvalue weighted by Gasteiger charge is -2.52. The minimum Gasteiger partial charge on any atom is -0.475 e. The highest BCUT2D eigenvalue weighted by Crippen LogP contribution is 2.42. The number of esters is 1. The number of nitrogens with zero attached hydrogens (tertiary/aromatic N) is 2. The molecule has 194 valence electrons. The van der Waals surface area contributed by atoms with Gasteiger partial charge >= 0.3 is 18.1 Å². The van der Waals surface area contributed by atoms with Gasteiger partial charge in [-0.15, -0.1) is 11.3 Å². The summed E-state index contributed by atoms with van der Waals surface area (Å²) in [5.74, 6) is -3.37. The average molecular weight is 531 g/mol. The number of thiophene rings is 1. The van der Waals surface area contributed by atoms with Gasteiger partial charge in [0.1, 0.15) is 9.77 Å². The minimum atomic E-state index is -5.08. The van der Waals surface area contributed by atoms with Gasteiger partial charge in [0.25, 0.3) is 0 Å². The molecular weight excluding hydrogens is 501 g/mol. The monoisotopic (exact) mass is 530 g/mol. The fraction of sp³-hybridized carbons (Fsp3) is 0.700. The van der Waals surface area contributed by atoms with Gasteiger partial charge in [0.15, 0.2) is 0 Å². The number of carbonyl (C=O) groups excluding carboxylic acids is 1. The Morgan fingerprint density at radius 3 is 2.26 bits per heavy atom. The van der Waals surface area contributed by atoms with Gasteiger partial charge in [-0.2, -0.15) is 17.5 Å². The third-order valence-corrected chi connectivity index (χ3v) is 8.83. The predicted molar refractivity (Wildman–Crippen MR) is 117 cm³/mol. The lowest BCUT2D eigenvalue weighted by molar-refractivity contribution is -0.225. The Morgan fingerprint density at radius 2 is 1.82 bits per heavy atom. The first-order valence-electron chi connectivity index (χ1n) is 10.7. The molecule has 0 aromatic carbocycles. The Hall–Kier alpha value is -1.74. The Kier molecular flexibility index (Phi) is 9.50. The van der Waals surface area contributed by atoms with E-state index in [4.69, 9.17) is 19.4 Å². The number of methoxy groups -OCH3 is 1. The molecule has 3 heterocycles. The number of halogens is 3. The molecule has 2 aliphatic heterocycles. The lowest BCUT2D eigenvalue weighted by Crippen LogP contribution is -2.59. The van der Waals surface area contributed by atoms with E-state index in [0.717, 1.165) is 37.4 Å². The van der Waals surface area contributed by atoms with E-state index in [0.29, 0.717) is 25.9 Å². The van der Waals surface area contributed by atoms with Crippen LogP contribution in [0.25, 0.3) is 0 Å². The zero-order chi connectivity index (χ0) is 25.7. The molecule has 3 rings (SSSR count). The van der Waals surface area contributed by atoms with Crippen molar-refractivity contribution in [2.45, 2.75) is 55.9 Å². The topological polar surface area (TPSA) is 113 Å². The molecule has 0 amide bonds. The zero-order valence-electron chi connectivity index (χ0n) is 19.1. The first-order valence-corrected chi connectivity index (χ1v) is 13.0. The molecule has 1 atom stereocenters. The number of carboxylic acid groups (broad SMARTS) is 1. The molecule has 1 aromatic heterocycles. The fourth-order valence-electron chi connectivity index (χ4n) is 3.97. The number of sulfonamides is 1. The van der Waals surface area contributed by atoms with Crippen molar-refractivity contribution in [1.29, 1.82) is 0 Å². The van der Waals surface area contributed by atoms with Gasteiger partial charge in [-0.3, -0.25) is 0 Å². The maximum Gasteiger partial charge on any atom is 0.490 e. The molecular formula is C20H29F3N2O7S2. The van der Waals surface area contributed by atoms with Gasteiger partial charge in [-0.25, -0.2) is 18.0 Å². The normalized spacial score (nSPS) is 20.4. The van der Waals surface area contributed by atoms with Crippen LogP contribution in [0.5, 0.6) is 0 Å². The van der Waals surface area contributed by atoms with Crippen LogP contribution < -0.4 is 0 Å². The summed E-state index contributed by atoms with van der Waals surface area (Å²) in [6, 6.07) is 1.48. The van der Waals surface area contributed by atoms with Crippen LogP contribution in [0.2, 0.25) is 0 Å². The van der Waals surface area contributed by atoms with E-state index >= 15 is 0 Å². The Balaban J connectivity index is 0.000000509. The molecule has 1 spiro atoms. The smallest absolute Gasteiger partial charge is 0.475 e. The van der Waals surface area contributed by atoms with E-state index < -0.39 is 28.1 Å². The molecule has 9 nitrogen and oxygen atoms in total. The highest BCUT2D eigenvalue weighted by Gasteiger charge is 2.49. The second-order valence-electron chi connectivity index (χ2n) is 7.93. The van der Waals surface area contributed by atoms with E-state index in [1.807, 2.05) is 0 Å². The number of alkyl halides is 3. The fourth-order valence-corrected chi connectivity index (χ4v) is 6.72. The van der Waals surface area contributed by atoms with Gasteiger partial charge in [0.05, 0.1) is 18.8 Å². The van der Waals surface area contributed by atoms with Crippen LogP contribution in [0.3, 0.4) is 0 Å². The van der Waals surface area contributed by atoms with Crippen LogP contribution in [0.1, 0.15) is 42.8 Å². The number of carboxylic acids is 1. The van der Waals surface area contributed by atoms with Gasteiger partial charge < -0.3 is 19.5 Å². The highest BCUT2D eigenvalue weighted by molar-refractivity contribution is 7.89. The summed E-state index contributed by atoms with van der Waals surface area (Å²) in [5.41, 5.74) is -0.177. The first-order chi connectivity index (χ1) is 15.8. The molecule has 14 heteroatoms. The predicted octanol–water partition coefficient (Wildman–Crippen LogP) is 2.82. The number of carbonyl (C=O) groups is 2. The van der Waals surface area contributed by atoms with Gasteiger partial charge in [0, 0.05) is 26.1 Å². The third-order valence-electron chi connectivity index (χ3n) is 5.87. The van der Waals surface area contributed by atoms with E-state index in [2.05, 4.69) is 18.7 Å². The molecule has 1 unspecified atom stereocenters. The SMILES string of the molecule is CCN(CC)CC1CC2(CCN(S(=O)(=O)c3ccsc3C(=O)OC)CC2)O1.O=C(O)C(F)(F)F. The maximum atomic E-state index is 13.0. The second-order valence-corrected chi connectivity index (χ2v) is 10.7. The van der Waals surface area contributed by atoms with Crippen LogP contribution in [-0.2, 0) is 24.3 Å². The van der Waals surface area contributed by atoms with E-state index in [1.54, 1.807) is 5.38 Å². The number of hydrogen-bond donors (Lipinski definition) is 1. The van der Waals surface area contributed by atoms with Crippen molar-refractivity contribution >= 4 is 33.3 Å². The Labute approximate surface area is 200 Å². The lowest BCUT2D eigenvalue weighted by atomic mass is 9.81. The highest BCUT2D eigenvalue weighted by atomic mass is 32.2. The molecule has 2 saturated heterocycles. The van der Waals surface area contributed by atoms with Crippen molar-refractivity contribution in [3.8, 4) is 0 Å². The summed E-state index contributed by atoms with van der Waals surface area (Å²) >= 11 is 1.09. The van der Waals surface area contributed by atoms with Crippen molar-refractivity contribution in [2.24, 2.45) is 0 Å². The number of likely N-dealkylation sites (N-methyl/N-ethyl adjacent to an activating group) is 1. The molecule has 1 aromatic rings. The third kappa shape index (κ3) is 6.68. The van der Waals surface area contributed by atoms with Gasteiger partial charge in [0.2, 0.25) is 10.0 Å². The summed E-state index contributed by atoms with van der Waals surface area (Å²) in [6.07, 6.45) is -2.46. The largest absolute Gasteiger partial charge is 0.490 e. The maximum absolute atomic E-state index is 13.0. The molecule has 0 bridgehead atoms. The summed E-state index contributed by atoms with van der Waals surface area (Å²) in [6.45, 7) is 8.08. The van der Waals surface area contributed by atoms with Crippen molar-refractivity contribution in [3.05, 3.63) is 16.3 Å². The van der Waals surface area contributed by atoms with Crippen molar-refractivity contribution in [1.82, 2.24) is 9.21 Å². The summed E-state index contributed by atoms with van der Waals surface area (Å²) in [7, 11) is -2.44. The van der Waals surface area contributed by atoms with Crippen LogP contribution in [0.4, 0.5) is 13.2 Å². The first kappa shape index (κ1) is 28.5. The molecule has 2 fully saturated rings. The zero-order valence-corrected chi connectivity index (χ0v) is 20.8. The number of piperidine rings is 1. The van der Waals surface area contributed by atoms with Gasteiger partial charge in [-0.1, -0.05) is 13.8 Å². The van der Waals surface area contributed by atoms with Crippen molar-refractivity contribution in [3.63, 3.8) is 0 Å². The quantitative estimate of drug-likeness (QED) is 0.536. The molecule has 0 saturated carbocycles. The number of ether oxygens (including phenoxy) is 2. The van der Waals surface area contributed by atoms with Gasteiger partial charge in [-0.05, 0) is 37.4 Å². The number of hydrogen-bond acceptors (Lipinski definition) is 8. The van der Waals surface area contributed by atoms with Crippen LogP contribution in [-0.4, -0.2) is 92.4 Å². The van der Waals surface area contributed by atoms with E-state index in [1.165, 1.54) is 17.5 Å². The van der Waals surface area contributed by atoms with Crippen molar-refractivity contribution in [2.75, 3.05) is 39.8 Å². The Morgan fingerprint density at radius 1 is 1.29 bits per heavy atom. The molecule has 34 heavy (non-hydrogen) atoms. The number of rotatable bonds is 7. The van der Waals surface area contributed by atoms with E-state index in [-0.39, 0.29) is 21.5 Å². The standard InChI is InChI=1S/C18H28N2O5S2.C2HF3O2/c1-4-19(5-2)13-14-12-18(25-14)7-9-20(10-8-18)27(22,23)15-6-11-26-16(15)17(21)24-3;3-2(4,5)1(6)7/h6,11,14H,4-5,7-10,12-13H2,1-3H3;(H,6,7). The van der Waals surface area contributed by atoms with E-state index in [9.17, 15) is 26.4 Å². The molecule has 1 N–H and O–H groups in total. The summed E-state index contributed by atoms with van der Waals surface area (Å²) in [5, 5.41) is 8.73. The molecule has 0 aliphatic carbocycles. The molecule has 0 radical (unpaired) electrons. The second kappa shape index (κ2) is 11.3. The number of aliphatic carboxylic acids is 1. The van der Waals surface area contributed by atoms with Crippen molar-refractivity contribution < 1.29 is 45.8 Å². The summed E-state index contributed by atoms with van der Waals surface area (Å²) < 4.78 is 70.0. The minimum absolute atomic E-state index is 0.0456. The van der Waals surface area contributed by atoms with Crippen LogP contribution in [0, 0.1) is 0 Å². The Bertz CT molecular complexity index is 946.